The van der Waals surface area contributed by atoms with Gasteiger partial charge in [-0.3, -0.25) is 4.79 Å². The van der Waals surface area contributed by atoms with Gasteiger partial charge in [-0.2, -0.15) is 5.26 Å². The molecule has 2 heteroatoms. The van der Waals surface area contributed by atoms with Crippen LogP contribution in [0.1, 0.15) is 26.2 Å². The number of carbonyl (C=O) groups excluding carboxylic acids is 1. The molecule has 1 atom stereocenters. The van der Waals surface area contributed by atoms with Crippen molar-refractivity contribution >= 4 is 5.78 Å². The van der Waals surface area contributed by atoms with Gasteiger partial charge in [0.05, 0.1) is 6.07 Å². The molecule has 0 amide bonds. The number of rotatable bonds is 4. The molecule has 0 fully saturated rings. The second-order valence-corrected chi connectivity index (χ2v) is 2.36. The summed E-state index contributed by atoms with van der Waals surface area (Å²) in [4.78, 5) is 10.7. The molecule has 0 spiro atoms. The third-order valence-corrected chi connectivity index (χ3v) is 1.36. The molecule has 0 aromatic rings. The quantitative estimate of drug-likeness (QED) is 0.593. The minimum Gasteiger partial charge on any atom is -0.300 e. The largest absolute Gasteiger partial charge is 0.300 e. The van der Waals surface area contributed by atoms with Gasteiger partial charge in [0.25, 0.3) is 0 Å². The monoisotopic (exact) mass is 138 g/mol. The van der Waals surface area contributed by atoms with Gasteiger partial charge in [0.15, 0.2) is 0 Å². The van der Waals surface area contributed by atoms with E-state index >= 15 is 0 Å². The van der Waals surface area contributed by atoms with Gasteiger partial charge < -0.3 is 0 Å². The van der Waals surface area contributed by atoms with Crippen LogP contribution in [0, 0.1) is 24.2 Å². The Morgan fingerprint density at radius 2 is 2.40 bits per heavy atom. The van der Waals surface area contributed by atoms with Crippen LogP contribution in [0.15, 0.2) is 0 Å². The van der Waals surface area contributed by atoms with E-state index in [1.54, 1.807) is 0 Å². The molecule has 0 bridgehead atoms. The molecule has 2 nitrogen and oxygen atoms in total. The third-order valence-electron chi connectivity index (χ3n) is 1.36. The first-order chi connectivity index (χ1) is 4.70. The lowest BCUT2D eigenvalue weighted by atomic mass is 10.0. The van der Waals surface area contributed by atoms with Crippen molar-refractivity contribution in [1.29, 1.82) is 5.26 Å². The van der Waals surface area contributed by atoms with Crippen molar-refractivity contribution in [1.82, 2.24) is 0 Å². The third kappa shape index (κ3) is 4.08. The van der Waals surface area contributed by atoms with Gasteiger partial charge in [-0.1, -0.05) is 0 Å². The van der Waals surface area contributed by atoms with Crippen molar-refractivity contribution in [3.8, 4) is 6.07 Å². The van der Waals surface area contributed by atoms with Gasteiger partial charge in [0.1, 0.15) is 5.78 Å². The maximum atomic E-state index is 10.7. The molecule has 0 aromatic carbocycles. The fourth-order valence-electron chi connectivity index (χ4n) is 0.567. The predicted molar refractivity (Wildman–Crippen MR) is 39.0 cm³/mol. The molecular weight excluding hydrogens is 126 g/mol. The fraction of sp³-hybridized carbons (Fsp3) is 0.625. The van der Waals surface area contributed by atoms with Crippen LogP contribution in [-0.2, 0) is 4.79 Å². The van der Waals surface area contributed by atoms with Gasteiger partial charge in [-0.05, 0) is 20.3 Å². The molecule has 0 saturated heterocycles. The summed E-state index contributed by atoms with van der Waals surface area (Å²) < 4.78 is 0. The van der Waals surface area contributed by atoms with Gasteiger partial charge >= 0.3 is 0 Å². The number of nitriles is 1. The van der Waals surface area contributed by atoms with Crippen LogP contribution in [0.4, 0.5) is 0 Å². The highest BCUT2D eigenvalue weighted by molar-refractivity contribution is 5.78. The van der Waals surface area contributed by atoms with Crippen LogP contribution in [0.2, 0.25) is 0 Å². The molecule has 0 aromatic heterocycles. The average Bonchev–Trinajstić information content (AvgIpc) is 1.99. The Labute approximate surface area is 61.8 Å². The first-order valence-electron chi connectivity index (χ1n) is 3.41. The number of nitrogens with zero attached hydrogens (tertiary/aromatic N) is 1. The van der Waals surface area contributed by atoms with Crippen molar-refractivity contribution in [3.05, 3.63) is 6.92 Å². The second-order valence-electron chi connectivity index (χ2n) is 2.36. The minimum atomic E-state index is -0.00417. The van der Waals surface area contributed by atoms with E-state index in [1.807, 2.05) is 6.92 Å². The normalized spacial score (nSPS) is 12.1. The first kappa shape index (κ1) is 9.16. The topological polar surface area (TPSA) is 40.9 Å². The Kier molecular flexibility index (Phi) is 4.57. The first-order valence-corrected chi connectivity index (χ1v) is 3.41. The summed E-state index contributed by atoms with van der Waals surface area (Å²) in [6.07, 6.45) is 1.52. The molecule has 55 valence electrons. The van der Waals surface area contributed by atoms with Crippen molar-refractivity contribution in [3.63, 3.8) is 0 Å². The van der Waals surface area contributed by atoms with E-state index < -0.39 is 0 Å². The molecule has 0 aliphatic rings. The fourth-order valence-corrected chi connectivity index (χ4v) is 0.567. The van der Waals surface area contributed by atoms with Crippen LogP contribution in [0.5, 0.6) is 0 Å². The van der Waals surface area contributed by atoms with Crippen molar-refractivity contribution < 1.29 is 4.79 Å². The Bertz CT molecular complexity index is 146. The van der Waals surface area contributed by atoms with Gasteiger partial charge in [0, 0.05) is 18.8 Å². The molecule has 0 aliphatic heterocycles. The number of hydrogen-bond acceptors (Lipinski definition) is 2. The van der Waals surface area contributed by atoms with Crippen molar-refractivity contribution in [2.75, 3.05) is 0 Å². The summed E-state index contributed by atoms with van der Waals surface area (Å²) in [7, 11) is 0. The minimum absolute atomic E-state index is 0.00417. The number of Topliss-reactive ketones (excluding diaryl/α,β-unsaturated/α-hetero) is 1. The molecule has 10 heavy (non-hydrogen) atoms. The highest BCUT2D eigenvalue weighted by atomic mass is 16.1. The van der Waals surface area contributed by atoms with E-state index in [9.17, 15) is 4.79 Å². The molecule has 0 N–H and O–H groups in total. The average molecular weight is 138 g/mol. The maximum Gasteiger partial charge on any atom is 0.132 e. The van der Waals surface area contributed by atoms with Crippen molar-refractivity contribution in [2.24, 2.45) is 5.92 Å². The lowest BCUT2D eigenvalue weighted by Crippen LogP contribution is -1.98. The predicted octanol–water partition coefficient (Wildman–Crippen LogP) is 1.72. The van der Waals surface area contributed by atoms with Crippen LogP contribution >= 0.6 is 0 Å². The smallest absolute Gasteiger partial charge is 0.132 e. The maximum absolute atomic E-state index is 10.7. The zero-order valence-corrected chi connectivity index (χ0v) is 6.26. The summed E-state index contributed by atoms with van der Waals surface area (Å²) >= 11 is 0. The standard InChI is InChI=1S/C8H12NO/c1-3-8(10)5-4-7(2)6-9/h7H,1,3-5H2,2H3. The Hall–Kier alpha value is -0.840. The van der Waals surface area contributed by atoms with E-state index in [1.165, 1.54) is 0 Å². The number of carbonyl (C=O) groups is 1. The molecule has 0 heterocycles. The van der Waals surface area contributed by atoms with Gasteiger partial charge in [-0.25, -0.2) is 0 Å². The lowest BCUT2D eigenvalue weighted by Gasteiger charge is -1.98. The highest BCUT2D eigenvalue weighted by Crippen LogP contribution is 2.04. The Morgan fingerprint density at radius 3 is 2.80 bits per heavy atom. The van der Waals surface area contributed by atoms with E-state index in [0.717, 1.165) is 0 Å². The van der Waals surface area contributed by atoms with E-state index in [2.05, 4.69) is 13.0 Å². The molecule has 1 radical (unpaired) electrons. The zero-order chi connectivity index (χ0) is 7.98. The summed E-state index contributed by atoms with van der Waals surface area (Å²) in [5.74, 6) is 0.137. The van der Waals surface area contributed by atoms with Gasteiger partial charge in [0.2, 0.25) is 0 Å². The van der Waals surface area contributed by atoms with Crippen LogP contribution in [-0.4, -0.2) is 5.78 Å². The molecular formula is C8H12NO. The van der Waals surface area contributed by atoms with E-state index in [4.69, 9.17) is 5.26 Å². The lowest BCUT2D eigenvalue weighted by molar-refractivity contribution is -0.118. The second kappa shape index (κ2) is 4.99. The summed E-state index contributed by atoms with van der Waals surface area (Å²) in [5, 5.41) is 8.34. The summed E-state index contributed by atoms with van der Waals surface area (Å²) in [6, 6.07) is 2.07. The highest BCUT2D eigenvalue weighted by Gasteiger charge is 2.02. The van der Waals surface area contributed by atoms with E-state index in [-0.39, 0.29) is 11.7 Å². The SMILES string of the molecule is [CH2]CC(=O)CCC(C)C#N. The number of ketones is 1. The van der Waals surface area contributed by atoms with E-state index in [0.29, 0.717) is 19.3 Å². The summed E-state index contributed by atoms with van der Waals surface area (Å²) in [6.45, 7) is 5.27. The van der Waals surface area contributed by atoms with Crippen LogP contribution < -0.4 is 0 Å². The van der Waals surface area contributed by atoms with Crippen molar-refractivity contribution in [2.45, 2.75) is 26.2 Å². The Morgan fingerprint density at radius 1 is 1.80 bits per heavy atom. The van der Waals surface area contributed by atoms with Gasteiger partial charge in [-0.15, -0.1) is 0 Å². The molecule has 0 saturated carbocycles. The van der Waals surface area contributed by atoms with Crippen LogP contribution in [0.25, 0.3) is 0 Å². The Balaban J connectivity index is 3.37. The van der Waals surface area contributed by atoms with Crippen LogP contribution in [0.3, 0.4) is 0 Å². The molecule has 0 rings (SSSR count). The zero-order valence-electron chi connectivity index (χ0n) is 6.26. The molecule has 1 unspecified atom stereocenters. The summed E-state index contributed by atoms with van der Waals surface area (Å²) in [5.41, 5.74) is 0. The number of hydrogen-bond donors (Lipinski definition) is 0. The molecule has 0 aliphatic carbocycles.